The van der Waals surface area contributed by atoms with Gasteiger partial charge in [-0.05, 0) is 38.5 Å². The lowest BCUT2D eigenvalue weighted by atomic mass is 9.98. The number of hydrogen-bond donors (Lipinski definition) is 3. The van der Waals surface area contributed by atoms with E-state index in [-0.39, 0.29) is 25.9 Å². The van der Waals surface area contributed by atoms with Crippen LogP contribution in [0.3, 0.4) is 0 Å². The predicted molar refractivity (Wildman–Crippen MR) is 267 cm³/mol. The van der Waals surface area contributed by atoms with Crippen LogP contribution in [0.5, 0.6) is 0 Å². The summed E-state index contributed by atoms with van der Waals surface area (Å²) in [5.41, 5.74) is 0. The summed E-state index contributed by atoms with van der Waals surface area (Å²) in [6.07, 6.45) is 35.0. The van der Waals surface area contributed by atoms with Crippen molar-refractivity contribution in [2.24, 2.45) is 0 Å². The molecule has 392 valence electrons. The van der Waals surface area contributed by atoms with Crippen LogP contribution in [0.2, 0.25) is 0 Å². The average Bonchev–Trinajstić information content (AvgIpc) is 3.31. The minimum atomic E-state index is -1.90. The van der Waals surface area contributed by atoms with Gasteiger partial charge in [-0.3, -0.25) is 14.4 Å². The molecule has 0 aliphatic carbocycles. The second-order valence-electron chi connectivity index (χ2n) is 19.2. The maximum Gasteiger partial charge on any atom is 0.335 e. The number of aliphatic carboxylic acids is 1. The molecule has 1 aliphatic heterocycles. The van der Waals surface area contributed by atoms with Crippen molar-refractivity contribution in [1.82, 2.24) is 0 Å². The van der Waals surface area contributed by atoms with Gasteiger partial charge >= 0.3 is 23.9 Å². The van der Waals surface area contributed by atoms with Crippen molar-refractivity contribution in [3.05, 3.63) is 12.2 Å². The summed E-state index contributed by atoms with van der Waals surface area (Å²) in [6, 6.07) is 0. The number of ether oxygens (including phenoxy) is 5. The standard InChI is InChI=1S/C55H100O12/c1-4-7-10-13-16-19-21-22-23-24-25-26-28-30-32-35-38-41-47(56)63-44-46(65-48(57)42-39-36-33-29-18-15-12-9-6-3)45-64-55-53(51(60)50(59)52(67-55)54(61)62)66-49(58)43-40-37-34-31-27-20-17-14-11-8-5-2/h14,17,46,50-53,55,59-60H,4-13,15-16,18-45H2,1-3H3,(H,61,62)/b17-14-. The van der Waals surface area contributed by atoms with E-state index >= 15 is 0 Å². The van der Waals surface area contributed by atoms with E-state index in [0.717, 1.165) is 77.0 Å². The monoisotopic (exact) mass is 953 g/mol. The van der Waals surface area contributed by atoms with E-state index in [1.165, 1.54) is 128 Å². The largest absolute Gasteiger partial charge is 0.479 e. The zero-order chi connectivity index (χ0) is 49.0. The van der Waals surface area contributed by atoms with Crippen molar-refractivity contribution in [2.45, 2.75) is 302 Å². The van der Waals surface area contributed by atoms with Crippen molar-refractivity contribution in [2.75, 3.05) is 13.2 Å². The van der Waals surface area contributed by atoms with E-state index < -0.39 is 67.3 Å². The molecule has 1 rings (SSSR count). The van der Waals surface area contributed by atoms with Gasteiger partial charge in [0.15, 0.2) is 24.6 Å². The summed E-state index contributed by atoms with van der Waals surface area (Å²) in [5, 5.41) is 31.3. The van der Waals surface area contributed by atoms with Gasteiger partial charge < -0.3 is 39.0 Å². The van der Waals surface area contributed by atoms with Crippen LogP contribution in [0.15, 0.2) is 12.2 Å². The van der Waals surface area contributed by atoms with Gasteiger partial charge in [-0.25, -0.2) is 4.79 Å². The quantitative estimate of drug-likeness (QED) is 0.0228. The van der Waals surface area contributed by atoms with Crippen LogP contribution in [0, 0.1) is 0 Å². The first-order chi connectivity index (χ1) is 32.6. The normalized spacial score (nSPS) is 18.9. The lowest BCUT2D eigenvalue weighted by Gasteiger charge is -2.40. The van der Waals surface area contributed by atoms with Gasteiger partial charge in [0.25, 0.3) is 0 Å². The first-order valence-corrected chi connectivity index (χ1v) is 27.7. The number of carbonyl (C=O) groups is 4. The molecular formula is C55H100O12. The fourth-order valence-electron chi connectivity index (χ4n) is 8.53. The second-order valence-corrected chi connectivity index (χ2v) is 19.2. The minimum absolute atomic E-state index is 0.0554. The Labute approximate surface area is 407 Å². The molecule has 12 heteroatoms. The molecule has 1 fully saturated rings. The SMILES string of the molecule is CCCC/C=C\CCCCCCCC(=O)OC1C(OCC(COC(=O)CCCCCCCCCCCCCCCCCCC)OC(=O)CCCCCCCCCCC)OC(C(=O)O)C(O)C1O. The number of hydrogen-bond acceptors (Lipinski definition) is 11. The summed E-state index contributed by atoms with van der Waals surface area (Å²) in [5.74, 6) is -3.10. The molecule has 0 aromatic heterocycles. The molecule has 1 aliphatic rings. The first kappa shape index (κ1) is 62.5. The van der Waals surface area contributed by atoms with Crippen LogP contribution in [0.25, 0.3) is 0 Å². The summed E-state index contributed by atoms with van der Waals surface area (Å²) in [6.45, 7) is 5.93. The molecule has 1 saturated heterocycles. The Hall–Kier alpha value is -2.54. The highest BCUT2D eigenvalue weighted by atomic mass is 16.7. The van der Waals surface area contributed by atoms with Crippen LogP contribution >= 0.6 is 0 Å². The van der Waals surface area contributed by atoms with Gasteiger partial charge in [-0.15, -0.1) is 0 Å². The number of unbranched alkanes of at least 4 members (excludes halogenated alkanes) is 31. The van der Waals surface area contributed by atoms with E-state index in [4.69, 9.17) is 23.7 Å². The van der Waals surface area contributed by atoms with Gasteiger partial charge in [0.05, 0.1) is 6.61 Å². The van der Waals surface area contributed by atoms with Crippen LogP contribution in [0.1, 0.15) is 265 Å². The Morgan fingerprint density at radius 2 is 0.866 bits per heavy atom. The number of allylic oxidation sites excluding steroid dienone is 2. The van der Waals surface area contributed by atoms with Crippen molar-refractivity contribution in [1.29, 1.82) is 0 Å². The highest BCUT2D eigenvalue weighted by Gasteiger charge is 2.50. The number of esters is 3. The first-order valence-electron chi connectivity index (χ1n) is 27.7. The summed E-state index contributed by atoms with van der Waals surface area (Å²) in [4.78, 5) is 50.8. The van der Waals surface area contributed by atoms with Crippen LogP contribution in [-0.4, -0.2) is 89.2 Å². The van der Waals surface area contributed by atoms with Crippen molar-refractivity contribution in [3.63, 3.8) is 0 Å². The fourth-order valence-corrected chi connectivity index (χ4v) is 8.53. The van der Waals surface area contributed by atoms with E-state index in [9.17, 15) is 34.5 Å². The second kappa shape index (κ2) is 44.7. The zero-order valence-corrected chi connectivity index (χ0v) is 42.9. The average molecular weight is 953 g/mol. The Kier molecular flexibility index (Phi) is 41.6. The van der Waals surface area contributed by atoms with Gasteiger partial charge in [-0.1, -0.05) is 219 Å². The number of aliphatic hydroxyl groups excluding tert-OH is 2. The molecule has 0 spiro atoms. The summed E-state index contributed by atoms with van der Waals surface area (Å²) >= 11 is 0. The Balaban J connectivity index is 2.65. The van der Waals surface area contributed by atoms with Crippen molar-refractivity contribution in [3.8, 4) is 0 Å². The minimum Gasteiger partial charge on any atom is -0.479 e. The molecule has 6 atom stereocenters. The Bertz CT molecular complexity index is 1230. The molecule has 6 unspecified atom stereocenters. The lowest BCUT2D eigenvalue weighted by molar-refractivity contribution is -0.301. The number of carbonyl (C=O) groups excluding carboxylic acids is 3. The molecule has 0 aromatic carbocycles. The number of carboxylic acid groups (broad SMARTS) is 1. The molecule has 67 heavy (non-hydrogen) atoms. The molecule has 0 saturated carbocycles. The molecule has 3 N–H and O–H groups in total. The number of aliphatic hydroxyl groups is 2. The van der Waals surface area contributed by atoms with Crippen molar-refractivity contribution < 1.29 is 58.2 Å². The molecule has 0 bridgehead atoms. The molecule has 1 heterocycles. The predicted octanol–water partition coefficient (Wildman–Crippen LogP) is 13.3. The van der Waals surface area contributed by atoms with Gasteiger partial charge in [0.2, 0.25) is 0 Å². The lowest BCUT2D eigenvalue weighted by Crippen LogP contribution is -2.61. The van der Waals surface area contributed by atoms with Gasteiger partial charge in [0.1, 0.15) is 18.8 Å². The van der Waals surface area contributed by atoms with Crippen LogP contribution in [-0.2, 0) is 42.9 Å². The van der Waals surface area contributed by atoms with E-state index in [1.807, 2.05) is 0 Å². The number of carboxylic acids is 1. The maximum absolute atomic E-state index is 13.0. The molecular weight excluding hydrogens is 853 g/mol. The third-order valence-corrected chi connectivity index (χ3v) is 12.8. The smallest absolute Gasteiger partial charge is 0.335 e. The number of rotatable bonds is 47. The fraction of sp³-hybridized carbons (Fsp3) is 0.891. The molecule has 0 aromatic rings. The summed E-state index contributed by atoms with van der Waals surface area (Å²) in [7, 11) is 0. The van der Waals surface area contributed by atoms with Gasteiger partial charge in [-0.2, -0.15) is 0 Å². The topological polar surface area (TPSA) is 175 Å². The van der Waals surface area contributed by atoms with E-state index in [2.05, 4.69) is 32.9 Å². The Morgan fingerprint density at radius 3 is 1.31 bits per heavy atom. The highest BCUT2D eigenvalue weighted by molar-refractivity contribution is 5.74. The zero-order valence-electron chi connectivity index (χ0n) is 42.9. The third-order valence-electron chi connectivity index (χ3n) is 12.8. The maximum atomic E-state index is 13.0. The van der Waals surface area contributed by atoms with E-state index in [0.29, 0.717) is 19.3 Å². The highest BCUT2D eigenvalue weighted by Crippen LogP contribution is 2.26. The third kappa shape index (κ3) is 35.3. The van der Waals surface area contributed by atoms with Crippen molar-refractivity contribution >= 4 is 23.9 Å². The molecule has 12 nitrogen and oxygen atoms in total. The van der Waals surface area contributed by atoms with Crippen LogP contribution in [0.4, 0.5) is 0 Å². The van der Waals surface area contributed by atoms with E-state index in [1.54, 1.807) is 0 Å². The van der Waals surface area contributed by atoms with Gasteiger partial charge in [0, 0.05) is 19.3 Å². The Morgan fingerprint density at radius 1 is 0.478 bits per heavy atom. The molecule has 0 radical (unpaired) electrons. The summed E-state index contributed by atoms with van der Waals surface area (Å²) < 4.78 is 28.3. The molecule has 0 amide bonds. The van der Waals surface area contributed by atoms with Crippen LogP contribution < -0.4 is 0 Å².